The van der Waals surface area contributed by atoms with E-state index < -0.39 is 11.7 Å². The van der Waals surface area contributed by atoms with Crippen molar-refractivity contribution in [2.24, 2.45) is 0 Å². The monoisotopic (exact) mass is 441 g/mol. The molecule has 8 nitrogen and oxygen atoms in total. The van der Waals surface area contributed by atoms with Gasteiger partial charge in [-0.1, -0.05) is 17.3 Å². The Bertz CT molecular complexity index is 866. The molecule has 1 aliphatic heterocycles. The summed E-state index contributed by atoms with van der Waals surface area (Å²) in [4.78, 5) is 20.5. The van der Waals surface area contributed by atoms with Crippen molar-refractivity contribution >= 4 is 5.91 Å². The van der Waals surface area contributed by atoms with Crippen molar-refractivity contribution in [1.29, 1.82) is 0 Å². The maximum atomic E-state index is 12.9. The minimum absolute atomic E-state index is 0.0395. The van der Waals surface area contributed by atoms with E-state index in [1.165, 1.54) is 12.1 Å². The number of hydrogen-bond acceptors (Lipinski definition) is 7. The number of piperazine rings is 1. The molecule has 1 N–H and O–H groups in total. The smallest absolute Gasteiger partial charge is 0.383 e. The number of hydrogen-bond donors (Lipinski definition) is 1. The highest BCUT2D eigenvalue weighted by atomic mass is 19.4. The third-order valence-electron chi connectivity index (χ3n) is 4.93. The van der Waals surface area contributed by atoms with Gasteiger partial charge in [-0.25, -0.2) is 0 Å². The molecule has 1 aromatic carbocycles. The minimum Gasteiger partial charge on any atom is -0.383 e. The first-order valence-corrected chi connectivity index (χ1v) is 9.98. The lowest BCUT2D eigenvalue weighted by Gasteiger charge is -2.33. The van der Waals surface area contributed by atoms with Gasteiger partial charge in [-0.15, -0.1) is 0 Å². The van der Waals surface area contributed by atoms with Crippen LogP contribution in [0.3, 0.4) is 0 Å². The van der Waals surface area contributed by atoms with Crippen LogP contribution in [0.15, 0.2) is 28.8 Å². The average Bonchev–Trinajstić information content (AvgIpc) is 3.17. The number of rotatable bonds is 8. The largest absolute Gasteiger partial charge is 0.416 e. The van der Waals surface area contributed by atoms with E-state index in [0.29, 0.717) is 51.8 Å². The van der Waals surface area contributed by atoms with Crippen molar-refractivity contribution in [1.82, 2.24) is 25.3 Å². The van der Waals surface area contributed by atoms with E-state index >= 15 is 0 Å². The van der Waals surface area contributed by atoms with E-state index in [9.17, 15) is 18.0 Å². The first-order valence-electron chi connectivity index (χ1n) is 9.98. The second kappa shape index (κ2) is 10.2. The summed E-state index contributed by atoms with van der Waals surface area (Å²) in [6, 6.07) is 4.80. The van der Waals surface area contributed by atoms with E-state index in [2.05, 4.69) is 25.3 Å². The second-order valence-corrected chi connectivity index (χ2v) is 7.57. The lowest BCUT2D eigenvalue weighted by Crippen LogP contribution is -2.50. The van der Waals surface area contributed by atoms with Gasteiger partial charge in [0.1, 0.15) is 0 Å². The third kappa shape index (κ3) is 6.74. The van der Waals surface area contributed by atoms with Crippen LogP contribution in [0.1, 0.15) is 18.4 Å². The van der Waals surface area contributed by atoms with Crippen LogP contribution in [-0.4, -0.2) is 78.3 Å². The van der Waals surface area contributed by atoms with Crippen LogP contribution in [-0.2, 0) is 22.3 Å². The number of carbonyl (C=O) groups excluding carboxylic acids is 1. The molecule has 1 amide bonds. The van der Waals surface area contributed by atoms with Gasteiger partial charge in [0.25, 0.3) is 0 Å². The molecular weight excluding hydrogens is 415 g/mol. The highest BCUT2D eigenvalue weighted by molar-refractivity contribution is 5.78. The summed E-state index contributed by atoms with van der Waals surface area (Å²) in [5.74, 6) is 0.425. The normalized spacial score (nSPS) is 16.9. The Kier molecular flexibility index (Phi) is 7.63. The molecule has 1 saturated heterocycles. The van der Waals surface area contributed by atoms with Crippen LogP contribution >= 0.6 is 0 Å². The van der Waals surface area contributed by atoms with E-state index in [1.54, 1.807) is 7.11 Å². The Morgan fingerprint density at radius 2 is 1.97 bits per heavy atom. The number of carbonyl (C=O) groups is 1. The molecule has 1 aromatic heterocycles. The summed E-state index contributed by atoms with van der Waals surface area (Å²) in [7, 11) is 1.59. The van der Waals surface area contributed by atoms with Gasteiger partial charge >= 0.3 is 6.18 Å². The summed E-state index contributed by atoms with van der Waals surface area (Å²) in [6.45, 7) is 5.91. The molecule has 1 fully saturated rings. The molecule has 1 aliphatic rings. The van der Waals surface area contributed by atoms with Gasteiger partial charge in [-0.2, -0.15) is 18.2 Å². The second-order valence-electron chi connectivity index (χ2n) is 7.57. The van der Waals surface area contributed by atoms with Crippen LogP contribution in [0.2, 0.25) is 0 Å². The van der Waals surface area contributed by atoms with Gasteiger partial charge in [-0.3, -0.25) is 14.6 Å². The zero-order valence-corrected chi connectivity index (χ0v) is 17.5. The molecule has 0 aliphatic carbocycles. The number of nitrogens with one attached hydrogen (secondary N) is 1. The molecule has 0 saturated carbocycles. The number of benzene rings is 1. The molecule has 0 radical (unpaired) electrons. The Morgan fingerprint density at radius 1 is 1.26 bits per heavy atom. The van der Waals surface area contributed by atoms with Gasteiger partial charge in [0, 0.05) is 44.9 Å². The van der Waals surface area contributed by atoms with Crippen LogP contribution in [0.5, 0.6) is 0 Å². The molecule has 3 rings (SSSR count). The summed E-state index contributed by atoms with van der Waals surface area (Å²) < 4.78 is 48.9. The van der Waals surface area contributed by atoms with Crippen LogP contribution in [0, 0.1) is 0 Å². The van der Waals surface area contributed by atoms with Gasteiger partial charge in [-0.05, 0) is 19.1 Å². The fraction of sp³-hybridized carbons (Fsp3) is 0.550. The zero-order valence-electron chi connectivity index (χ0n) is 17.5. The molecular formula is C20H26F3N5O3. The molecule has 170 valence electrons. The number of methoxy groups -OCH3 is 1. The summed E-state index contributed by atoms with van der Waals surface area (Å²) in [6.07, 6.45) is -4.43. The van der Waals surface area contributed by atoms with Crippen molar-refractivity contribution in [2.45, 2.75) is 25.7 Å². The van der Waals surface area contributed by atoms with E-state index in [0.717, 1.165) is 12.1 Å². The van der Waals surface area contributed by atoms with Crippen LogP contribution < -0.4 is 5.32 Å². The predicted octanol–water partition coefficient (Wildman–Crippen LogP) is 2.02. The third-order valence-corrected chi connectivity index (χ3v) is 4.93. The average molecular weight is 441 g/mol. The summed E-state index contributed by atoms with van der Waals surface area (Å²) in [5, 5.41) is 6.71. The number of ether oxygens (including phenoxy) is 1. The summed E-state index contributed by atoms with van der Waals surface area (Å²) >= 11 is 0. The van der Waals surface area contributed by atoms with E-state index in [4.69, 9.17) is 9.26 Å². The highest BCUT2D eigenvalue weighted by Crippen LogP contribution is 2.31. The van der Waals surface area contributed by atoms with Gasteiger partial charge in [0.05, 0.1) is 25.3 Å². The predicted molar refractivity (Wildman–Crippen MR) is 106 cm³/mol. The van der Waals surface area contributed by atoms with Gasteiger partial charge in [0.2, 0.25) is 17.6 Å². The highest BCUT2D eigenvalue weighted by Gasteiger charge is 2.31. The molecule has 1 atom stereocenters. The molecule has 2 aromatic rings. The Balaban J connectivity index is 1.49. The molecule has 0 spiro atoms. The van der Waals surface area contributed by atoms with Crippen molar-refractivity contribution in [3.8, 4) is 11.4 Å². The van der Waals surface area contributed by atoms with E-state index in [-0.39, 0.29) is 23.3 Å². The molecule has 2 heterocycles. The Morgan fingerprint density at radius 3 is 2.65 bits per heavy atom. The van der Waals surface area contributed by atoms with Crippen molar-refractivity contribution in [3.63, 3.8) is 0 Å². The molecule has 1 unspecified atom stereocenters. The number of halogens is 3. The maximum absolute atomic E-state index is 12.9. The quantitative estimate of drug-likeness (QED) is 0.671. The number of alkyl halides is 3. The lowest BCUT2D eigenvalue weighted by atomic mass is 10.1. The molecule has 31 heavy (non-hydrogen) atoms. The molecule has 0 bridgehead atoms. The van der Waals surface area contributed by atoms with Crippen molar-refractivity contribution in [3.05, 3.63) is 35.7 Å². The number of aromatic nitrogens is 2. The molecule has 11 heteroatoms. The first kappa shape index (κ1) is 23.2. The van der Waals surface area contributed by atoms with Crippen LogP contribution in [0.4, 0.5) is 13.2 Å². The van der Waals surface area contributed by atoms with Crippen molar-refractivity contribution in [2.75, 3.05) is 46.4 Å². The SMILES string of the molecule is COCC(C)NC(=O)CN1CCN(Cc2nc(-c3cccc(C(F)(F)F)c3)no2)CC1. The standard InChI is InChI=1S/C20H26F3N5O3/c1-14(13-30-2)24-17(29)11-27-6-8-28(9-7-27)12-18-25-19(26-31-18)15-4-3-5-16(10-15)20(21,22)23/h3-5,10,14H,6-9,11-13H2,1-2H3,(H,24,29). The van der Waals surface area contributed by atoms with Gasteiger partial charge in [0.15, 0.2) is 0 Å². The summed E-state index contributed by atoms with van der Waals surface area (Å²) in [5.41, 5.74) is -0.503. The van der Waals surface area contributed by atoms with Crippen molar-refractivity contribution < 1.29 is 27.2 Å². The first-order chi connectivity index (χ1) is 14.7. The Labute approximate surface area is 178 Å². The fourth-order valence-corrected chi connectivity index (χ4v) is 3.38. The van der Waals surface area contributed by atoms with E-state index in [1.807, 2.05) is 6.92 Å². The maximum Gasteiger partial charge on any atom is 0.416 e. The Hall–Kier alpha value is -2.50. The van der Waals surface area contributed by atoms with Gasteiger partial charge < -0.3 is 14.6 Å². The lowest BCUT2D eigenvalue weighted by molar-refractivity contribution is -0.137. The number of nitrogens with zero attached hydrogens (tertiary/aromatic N) is 4. The number of amides is 1. The fourth-order valence-electron chi connectivity index (χ4n) is 3.38. The van der Waals surface area contributed by atoms with Crippen LogP contribution in [0.25, 0.3) is 11.4 Å². The zero-order chi connectivity index (χ0) is 22.4. The minimum atomic E-state index is -4.43. The topological polar surface area (TPSA) is 83.7 Å².